The van der Waals surface area contributed by atoms with Gasteiger partial charge >= 0.3 is 5.97 Å². The van der Waals surface area contributed by atoms with Crippen molar-refractivity contribution < 1.29 is 14.8 Å². The quantitative estimate of drug-likeness (QED) is 0.661. The van der Waals surface area contributed by atoms with Crippen LogP contribution in [0.25, 0.3) is 0 Å². The number of nitrogens with zero attached hydrogens (tertiary/aromatic N) is 2. The third-order valence-electron chi connectivity index (χ3n) is 3.71. The molecule has 1 saturated carbocycles. The molecule has 0 radical (unpaired) electrons. The van der Waals surface area contributed by atoms with Gasteiger partial charge in [0.2, 0.25) is 0 Å². The lowest BCUT2D eigenvalue weighted by molar-refractivity contribution is -0.384. The number of anilines is 1. The van der Waals surface area contributed by atoms with E-state index in [2.05, 4.69) is 0 Å². The minimum Gasteiger partial charge on any atom is -0.480 e. The van der Waals surface area contributed by atoms with Gasteiger partial charge < -0.3 is 10.0 Å². The highest BCUT2D eigenvalue weighted by atomic mass is 16.6. The number of hydrogen-bond acceptors (Lipinski definition) is 4. The number of carboxylic acids is 1. The lowest BCUT2D eigenvalue weighted by Gasteiger charge is -2.29. The van der Waals surface area contributed by atoms with Gasteiger partial charge in [0, 0.05) is 12.1 Å². The second-order valence-electron chi connectivity index (χ2n) is 5.21. The molecule has 0 spiro atoms. The summed E-state index contributed by atoms with van der Waals surface area (Å²) >= 11 is 0. The summed E-state index contributed by atoms with van der Waals surface area (Å²) in [6, 6.07) is 5.02. The molecule has 0 atom stereocenters. The van der Waals surface area contributed by atoms with Gasteiger partial charge in [0.25, 0.3) is 5.69 Å². The van der Waals surface area contributed by atoms with Crippen molar-refractivity contribution in [3.05, 3.63) is 33.9 Å². The van der Waals surface area contributed by atoms with Crippen LogP contribution in [-0.2, 0) is 4.79 Å². The van der Waals surface area contributed by atoms with Crippen LogP contribution in [0.4, 0.5) is 11.4 Å². The molecular formula is C14H18N2O4. The van der Waals surface area contributed by atoms with Crippen LogP contribution in [0.3, 0.4) is 0 Å². The Hall–Kier alpha value is -2.11. The van der Waals surface area contributed by atoms with E-state index in [0.717, 1.165) is 31.2 Å². The number of benzene rings is 1. The zero-order valence-corrected chi connectivity index (χ0v) is 11.4. The van der Waals surface area contributed by atoms with Crippen molar-refractivity contribution in [2.75, 3.05) is 11.4 Å². The van der Waals surface area contributed by atoms with Gasteiger partial charge in [-0.3, -0.25) is 14.9 Å². The topological polar surface area (TPSA) is 83.7 Å². The lowest BCUT2D eigenvalue weighted by Crippen LogP contribution is -2.38. The van der Waals surface area contributed by atoms with Crippen molar-refractivity contribution in [2.45, 2.75) is 38.6 Å². The predicted octanol–water partition coefficient (Wildman–Crippen LogP) is 2.74. The van der Waals surface area contributed by atoms with Gasteiger partial charge in [-0.25, -0.2) is 0 Å². The average Bonchev–Trinajstić information content (AvgIpc) is 2.89. The average molecular weight is 278 g/mol. The SMILES string of the molecule is Cc1ccc(N(CC(=O)O)C2CCCC2)c([N+](=O)[O-])c1. The summed E-state index contributed by atoms with van der Waals surface area (Å²) in [5, 5.41) is 20.3. The van der Waals surface area contributed by atoms with Gasteiger partial charge in [0.05, 0.1) is 4.92 Å². The van der Waals surface area contributed by atoms with Crippen LogP contribution in [-0.4, -0.2) is 28.6 Å². The Morgan fingerprint density at radius 3 is 2.65 bits per heavy atom. The van der Waals surface area contributed by atoms with Gasteiger partial charge in [0.15, 0.2) is 0 Å². The maximum absolute atomic E-state index is 11.2. The molecule has 6 heteroatoms. The molecule has 1 aliphatic carbocycles. The number of aryl methyl sites for hydroxylation is 1. The van der Waals surface area contributed by atoms with Crippen LogP contribution in [0.5, 0.6) is 0 Å². The fourth-order valence-corrected chi connectivity index (χ4v) is 2.80. The van der Waals surface area contributed by atoms with Crippen LogP contribution in [0.2, 0.25) is 0 Å². The molecule has 1 fully saturated rings. The molecule has 0 aliphatic heterocycles. The maximum atomic E-state index is 11.2. The highest BCUT2D eigenvalue weighted by molar-refractivity contribution is 5.76. The fraction of sp³-hybridized carbons (Fsp3) is 0.500. The van der Waals surface area contributed by atoms with Gasteiger partial charge in [-0.2, -0.15) is 0 Å². The third kappa shape index (κ3) is 3.07. The highest BCUT2D eigenvalue weighted by Crippen LogP contribution is 2.34. The fourth-order valence-electron chi connectivity index (χ4n) is 2.80. The molecule has 1 aromatic carbocycles. The van der Waals surface area contributed by atoms with Crippen molar-refractivity contribution in [3.8, 4) is 0 Å². The zero-order valence-electron chi connectivity index (χ0n) is 11.4. The monoisotopic (exact) mass is 278 g/mol. The van der Waals surface area contributed by atoms with E-state index in [9.17, 15) is 14.9 Å². The minimum atomic E-state index is -0.966. The van der Waals surface area contributed by atoms with Crippen molar-refractivity contribution >= 4 is 17.3 Å². The van der Waals surface area contributed by atoms with Gasteiger partial charge in [-0.1, -0.05) is 18.9 Å². The van der Waals surface area contributed by atoms with Crippen molar-refractivity contribution in [1.82, 2.24) is 0 Å². The summed E-state index contributed by atoms with van der Waals surface area (Å²) in [6.45, 7) is 1.59. The molecule has 6 nitrogen and oxygen atoms in total. The second kappa shape index (κ2) is 5.90. The number of nitro groups is 1. The normalized spacial score (nSPS) is 15.2. The molecule has 1 aliphatic rings. The van der Waals surface area contributed by atoms with E-state index in [-0.39, 0.29) is 18.3 Å². The molecule has 0 bridgehead atoms. The van der Waals surface area contributed by atoms with Crippen LogP contribution in [0.1, 0.15) is 31.2 Å². The summed E-state index contributed by atoms with van der Waals surface area (Å²) in [7, 11) is 0. The van der Waals surface area contributed by atoms with Crippen molar-refractivity contribution in [2.24, 2.45) is 0 Å². The molecule has 20 heavy (non-hydrogen) atoms. The first-order valence-electron chi connectivity index (χ1n) is 6.72. The molecule has 1 aromatic rings. The van der Waals surface area contributed by atoms with E-state index in [1.165, 1.54) is 6.07 Å². The van der Waals surface area contributed by atoms with E-state index in [1.54, 1.807) is 24.0 Å². The van der Waals surface area contributed by atoms with Crippen LogP contribution in [0.15, 0.2) is 18.2 Å². The molecule has 0 heterocycles. The Labute approximate surface area is 117 Å². The van der Waals surface area contributed by atoms with Gasteiger partial charge in [-0.15, -0.1) is 0 Å². The van der Waals surface area contributed by atoms with E-state index >= 15 is 0 Å². The first-order valence-corrected chi connectivity index (χ1v) is 6.72. The number of carboxylic acid groups (broad SMARTS) is 1. The molecular weight excluding hydrogens is 260 g/mol. The predicted molar refractivity (Wildman–Crippen MR) is 75.1 cm³/mol. The third-order valence-corrected chi connectivity index (χ3v) is 3.71. The lowest BCUT2D eigenvalue weighted by atomic mass is 10.1. The molecule has 0 amide bonds. The van der Waals surface area contributed by atoms with E-state index < -0.39 is 10.9 Å². The standard InChI is InChI=1S/C14H18N2O4/c1-10-6-7-12(13(8-10)16(19)20)15(9-14(17)18)11-4-2-3-5-11/h6-8,11H,2-5,9H2,1H3,(H,17,18). The minimum absolute atomic E-state index is 0.0156. The van der Waals surface area contributed by atoms with Crippen molar-refractivity contribution in [1.29, 1.82) is 0 Å². The summed E-state index contributed by atoms with van der Waals surface area (Å²) in [4.78, 5) is 23.5. The Morgan fingerprint density at radius 2 is 2.10 bits per heavy atom. The molecule has 1 N–H and O–H groups in total. The molecule has 0 unspecified atom stereocenters. The largest absolute Gasteiger partial charge is 0.480 e. The molecule has 0 aromatic heterocycles. The smallest absolute Gasteiger partial charge is 0.323 e. The second-order valence-corrected chi connectivity index (χ2v) is 5.21. The summed E-state index contributed by atoms with van der Waals surface area (Å²) in [5.41, 5.74) is 1.19. The first kappa shape index (κ1) is 14.3. The number of carbonyl (C=O) groups is 1. The number of aliphatic carboxylic acids is 1. The Balaban J connectivity index is 2.41. The van der Waals surface area contributed by atoms with Gasteiger partial charge in [0.1, 0.15) is 12.2 Å². The molecule has 0 saturated heterocycles. The molecule has 108 valence electrons. The van der Waals surface area contributed by atoms with E-state index in [1.807, 2.05) is 0 Å². The highest BCUT2D eigenvalue weighted by Gasteiger charge is 2.29. The Bertz CT molecular complexity index is 524. The zero-order chi connectivity index (χ0) is 14.7. The summed E-state index contributed by atoms with van der Waals surface area (Å²) < 4.78 is 0. The first-order chi connectivity index (χ1) is 9.49. The summed E-state index contributed by atoms with van der Waals surface area (Å²) in [5.74, 6) is -0.966. The van der Waals surface area contributed by atoms with Crippen molar-refractivity contribution in [3.63, 3.8) is 0 Å². The van der Waals surface area contributed by atoms with Crippen LogP contribution < -0.4 is 4.90 Å². The molecule has 2 rings (SSSR count). The van der Waals surface area contributed by atoms with Gasteiger partial charge in [-0.05, 0) is 31.4 Å². The number of hydrogen-bond donors (Lipinski definition) is 1. The Kier molecular flexibility index (Phi) is 4.22. The van der Waals surface area contributed by atoms with E-state index in [4.69, 9.17) is 5.11 Å². The number of rotatable bonds is 5. The summed E-state index contributed by atoms with van der Waals surface area (Å²) in [6.07, 6.45) is 3.86. The van der Waals surface area contributed by atoms with Crippen LogP contribution >= 0.6 is 0 Å². The Morgan fingerprint density at radius 1 is 1.45 bits per heavy atom. The maximum Gasteiger partial charge on any atom is 0.323 e. The number of nitro benzene ring substituents is 1. The van der Waals surface area contributed by atoms with Crippen LogP contribution in [0, 0.1) is 17.0 Å². The van der Waals surface area contributed by atoms with E-state index in [0.29, 0.717) is 5.69 Å².